The summed E-state index contributed by atoms with van der Waals surface area (Å²) in [6.45, 7) is 0.389. The lowest BCUT2D eigenvalue weighted by Crippen LogP contribution is -2.34. The maximum Gasteiger partial charge on any atom is 0.320 e. The third-order valence-corrected chi connectivity index (χ3v) is 4.61. The molecule has 1 aliphatic carbocycles. The molecule has 0 radical (unpaired) electrons. The minimum atomic E-state index is -0.244. The Morgan fingerprint density at radius 2 is 2.41 bits per heavy atom. The van der Waals surface area contributed by atoms with Crippen LogP contribution >= 0.6 is 11.3 Å². The van der Waals surface area contributed by atoms with Gasteiger partial charge in [-0.05, 0) is 36.3 Å². The molecule has 0 bridgehead atoms. The summed E-state index contributed by atoms with van der Waals surface area (Å²) < 4.78 is 5.02. The number of fused-ring (bicyclic) bond motifs is 1. The molecular formula is C15H18N4O2S. The Morgan fingerprint density at radius 1 is 1.50 bits per heavy atom. The zero-order valence-electron chi connectivity index (χ0n) is 12.3. The zero-order chi connectivity index (χ0) is 15.4. The molecule has 0 aliphatic heterocycles. The Balaban J connectivity index is 1.63. The van der Waals surface area contributed by atoms with Gasteiger partial charge in [0.15, 0.2) is 0 Å². The van der Waals surface area contributed by atoms with Crippen LogP contribution in [0.3, 0.4) is 0 Å². The Hall–Kier alpha value is -1.99. The van der Waals surface area contributed by atoms with Crippen LogP contribution in [0.4, 0.5) is 10.6 Å². The predicted molar refractivity (Wildman–Crippen MR) is 84.9 cm³/mol. The van der Waals surface area contributed by atoms with Gasteiger partial charge < -0.3 is 10.1 Å². The molecule has 0 saturated carbocycles. The van der Waals surface area contributed by atoms with E-state index in [-0.39, 0.29) is 12.1 Å². The maximum atomic E-state index is 12.2. The number of carbonyl (C=O) groups is 1. The average molecular weight is 318 g/mol. The molecule has 116 valence electrons. The van der Waals surface area contributed by atoms with E-state index in [1.807, 2.05) is 0 Å². The molecule has 2 heterocycles. The molecule has 1 atom stereocenters. The highest BCUT2D eigenvalue weighted by molar-refractivity contribution is 7.10. The molecule has 0 saturated heterocycles. The van der Waals surface area contributed by atoms with Crippen LogP contribution in [0.2, 0.25) is 0 Å². The number of anilines is 1. The van der Waals surface area contributed by atoms with Crippen molar-refractivity contribution in [1.82, 2.24) is 15.3 Å². The molecule has 7 heteroatoms. The third kappa shape index (κ3) is 3.42. The number of urea groups is 1. The number of nitrogens with one attached hydrogen (secondary N) is 2. The van der Waals surface area contributed by atoms with Crippen molar-refractivity contribution in [2.45, 2.75) is 31.9 Å². The number of nitrogens with zero attached hydrogens (tertiary/aromatic N) is 2. The first-order valence-corrected chi connectivity index (χ1v) is 8.08. The fraction of sp³-hybridized carbons (Fsp3) is 0.400. The Labute approximate surface area is 132 Å². The normalized spacial score (nSPS) is 16.9. The first-order valence-electron chi connectivity index (χ1n) is 7.20. The zero-order valence-corrected chi connectivity index (χ0v) is 13.2. The van der Waals surface area contributed by atoms with Crippen LogP contribution in [0.5, 0.6) is 0 Å². The van der Waals surface area contributed by atoms with Crippen molar-refractivity contribution in [1.29, 1.82) is 0 Å². The van der Waals surface area contributed by atoms with E-state index in [1.54, 1.807) is 24.5 Å². The lowest BCUT2D eigenvalue weighted by Gasteiger charge is -2.23. The van der Waals surface area contributed by atoms with Crippen LogP contribution in [-0.4, -0.2) is 23.1 Å². The van der Waals surface area contributed by atoms with Crippen molar-refractivity contribution in [3.63, 3.8) is 0 Å². The summed E-state index contributed by atoms with van der Waals surface area (Å²) in [7, 11) is 1.60. The van der Waals surface area contributed by atoms with Crippen molar-refractivity contribution < 1.29 is 9.53 Å². The van der Waals surface area contributed by atoms with Crippen LogP contribution in [0.1, 0.15) is 35.0 Å². The number of thiophene rings is 1. The summed E-state index contributed by atoms with van der Waals surface area (Å²) in [5.74, 6) is 0.473. The minimum Gasteiger partial charge on any atom is -0.378 e. The number of amides is 2. The van der Waals surface area contributed by atoms with Crippen molar-refractivity contribution in [2.24, 2.45) is 0 Å². The molecule has 2 aromatic heterocycles. The van der Waals surface area contributed by atoms with Gasteiger partial charge in [-0.15, -0.1) is 11.3 Å². The van der Waals surface area contributed by atoms with E-state index in [9.17, 15) is 4.79 Å². The van der Waals surface area contributed by atoms with Crippen LogP contribution < -0.4 is 10.6 Å². The van der Waals surface area contributed by atoms with Gasteiger partial charge in [-0.25, -0.2) is 14.8 Å². The van der Waals surface area contributed by atoms with Gasteiger partial charge in [0.2, 0.25) is 0 Å². The van der Waals surface area contributed by atoms with Gasteiger partial charge in [0.1, 0.15) is 12.1 Å². The van der Waals surface area contributed by atoms with Gasteiger partial charge in [-0.2, -0.15) is 0 Å². The largest absolute Gasteiger partial charge is 0.378 e. The summed E-state index contributed by atoms with van der Waals surface area (Å²) in [5, 5.41) is 7.87. The summed E-state index contributed by atoms with van der Waals surface area (Å²) in [6.07, 6.45) is 4.60. The molecule has 6 nitrogen and oxygen atoms in total. The number of aromatic nitrogens is 2. The number of methoxy groups -OCH3 is 1. The minimum absolute atomic E-state index is 0.0790. The van der Waals surface area contributed by atoms with Crippen LogP contribution in [0.15, 0.2) is 23.8 Å². The second kappa shape index (κ2) is 6.85. The highest BCUT2D eigenvalue weighted by Crippen LogP contribution is 2.33. The predicted octanol–water partition coefficient (Wildman–Crippen LogP) is 2.88. The molecule has 0 spiro atoms. The molecule has 1 aliphatic rings. The lowest BCUT2D eigenvalue weighted by atomic mass is 9.94. The van der Waals surface area contributed by atoms with E-state index in [1.165, 1.54) is 16.8 Å². The van der Waals surface area contributed by atoms with Crippen molar-refractivity contribution in [3.8, 4) is 0 Å². The monoisotopic (exact) mass is 318 g/mol. The van der Waals surface area contributed by atoms with E-state index >= 15 is 0 Å². The third-order valence-electron chi connectivity index (χ3n) is 3.61. The first-order chi connectivity index (χ1) is 10.8. The number of carbonyl (C=O) groups excluding carboxylic acids is 1. The molecule has 2 aromatic rings. The van der Waals surface area contributed by atoms with Gasteiger partial charge in [0, 0.05) is 18.1 Å². The van der Waals surface area contributed by atoms with E-state index in [0.29, 0.717) is 12.4 Å². The maximum absolute atomic E-state index is 12.2. The van der Waals surface area contributed by atoms with Crippen molar-refractivity contribution in [2.75, 3.05) is 12.4 Å². The molecule has 2 amide bonds. The van der Waals surface area contributed by atoms with E-state index in [0.717, 1.165) is 25.0 Å². The van der Waals surface area contributed by atoms with Crippen molar-refractivity contribution >= 4 is 23.2 Å². The highest BCUT2D eigenvalue weighted by Gasteiger charge is 2.22. The van der Waals surface area contributed by atoms with Gasteiger partial charge in [-0.3, -0.25) is 5.32 Å². The van der Waals surface area contributed by atoms with Crippen molar-refractivity contribution in [3.05, 3.63) is 40.0 Å². The summed E-state index contributed by atoms with van der Waals surface area (Å²) >= 11 is 1.76. The fourth-order valence-electron chi connectivity index (χ4n) is 2.64. The van der Waals surface area contributed by atoms with Gasteiger partial charge in [0.25, 0.3) is 0 Å². The Morgan fingerprint density at radius 3 is 3.27 bits per heavy atom. The number of ether oxygens (including phenoxy) is 1. The number of hydrogen-bond donors (Lipinski definition) is 2. The quantitative estimate of drug-likeness (QED) is 0.909. The van der Waals surface area contributed by atoms with Gasteiger partial charge >= 0.3 is 6.03 Å². The van der Waals surface area contributed by atoms with E-state index in [4.69, 9.17) is 4.74 Å². The summed E-state index contributed by atoms with van der Waals surface area (Å²) in [4.78, 5) is 21.7. The van der Waals surface area contributed by atoms with Crippen LogP contribution in [-0.2, 0) is 17.8 Å². The molecule has 0 unspecified atom stereocenters. The molecular weight excluding hydrogens is 300 g/mol. The molecule has 0 fully saturated rings. The topological polar surface area (TPSA) is 76.1 Å². The van der Waals surface area contributed by atoms with Crippen LogP contribution in [0, 0.1) is 0 Å². The summed E-state index contributed by atoms with van der Waals surface area (Å²) in [6, 6.07) is 3.65. The first kappa shape index (κ1) is 14.9. The standard InChI is InChI=1S/C15H18N4O2S/c1-21-8-10-7-14(17-9-16-10)19-15(20)18-12-3-2-4-13-11(12)5-6-22-13/h5-7,9,12H,2-4,8H2,1H3,(H2,16,17,18,19,20)/t12-/m0/s1. The molecule has 22 heavy (non-hydrogen) atoms. The molecule has 2 N–H and O–H groups in total. The summed E-state index contributed by atoms with van der Waals surface area (Å²) in [5.41, 5.74) is 1.97. The highest BCUT2D eigenvalue weighted by atomic mass is 32.1. The lowest BCUT2D eigenvalue weighted by molar-refractivity contribution is 0.181. The number of aryl methyl sites for hydroxylation is 1. The average Bonchev–Trinajstić information content (AvgIpc) is 2.97. The van der Waals surface area contributed by atoms with Gasteiger partial charge in [0.05, 0.1) is 18.3 Å². The molecule has 3 rings (SSSR count). The number of rotatable bonds is 4. The number of hydrogen-bond acceptors (Lipinski definition) is 5. The van der Waals surface area contributed by atoms with E-state index in [2.05, 4.69) is 32.0 Å². The Kier molecular flexibility index (Phi) is 4.65. The fourth-order valence-corrected chi connectivity index (χ4v) is 3.63. The van der Waals surface area contributed by atoms with Crippen LogP contribution in [0.25, 0.3) is 0 Å². The van der Waals surface area contributed by atoms with E-state index < -0.39 is 0 Å². The molecule has 0 aromatic carbocycles. The SMILES string of the molecule is COCc1cc(NC(=O)N[C@H]2CCCc3sccc32)ncn1. The Bertz CT molecular complexity index is 658. The van der Waals surface area contributed by atoms with Gasteiger partial charge in [-0.1, -0.05) is 0 Å². The second-order valence-corrected chi connectivity index (χ2v) is 6.17. The second-order valence-electron chi connectivity index (χ2n) is 5.17. The smallest absolute Gasteiger partial charge is 0.320 e.